The van der Waals surface area contributed by atoms with Crippen LogP contribution in [0.4, 0.5) is 4.79 Å². The summed E-state index contributed by atoms with van der Waals surface area (Å²) in [5.41, 5.74) is 0.233. The molecular formula is C24H28N2O7. The number of carbonyl (C=O) groups is 3. The number of benzene rings is 2. The molecule has 0 aromatic heterocycles. The average molecular weight is 456 g/mol. The molecule has 0 radical (unpaired) electrons. The van der Waals surface area contributed by atoms with Gasteiger partial charge in [0.15, 0.2) is 6.61 Å². The van der Waals surface area contributed by atoms with Crippen molar-refractivity contribution in [2.24, 2.45) is 0 Å². The van der Waals surface area contributed by atoms with E-state index in [0.717, 1.165) is 5.75 Å². The van der Waals surface area contributed by atoms with Crippen molar-refractivity contribution in [1.82, 2.24) is 9.80 Å². The number of hydrogen-bond donors (Lipinski definition) is 0. The van der Waals surface area contributed by atoms with Crippen LogP contribution in [0, 0.1) is 0 Å². The van der Waals surface area contributed by atoms with Gasteiger partial charge in [0.05, 0.1) is 6.61 Å². The average Bonchev–Trinajstić information content (AvgIpc) is 2.86. The molecule has 9 heteroatoms. The first-order valence-corrected chi connectivity index (χ1v) is 10.8. The molecule has 2 aromatic carbocycles. The Morgan fingerprint density at radius 1 is 0.788 bits per heavy atom. The third-order valence-corrected chi connectivity index (χ3v) is 4.94. The Kier molecular flexibility index (Phi) is 8.93. The summed E-state index contributed by atoms with van der Waals surface area (Å²) in [6.07, 6.45) is -0.387. The number of rotatable bonds is 9. The zero-order chi connectivity index (χ0) is 23.5. The Morgan fingerprint density at radius 2 is 1.42 bits per heavy atom. The number of para-hydroxylation sites is 2. The number of piperazine rings is 1. The minimum atomic E-state index is -0.645. The van der Waals surface area contributed by atoms with Crippen LogP contribution in [0.3, 0.4) is 0 Å². The van der Waals surface area contributed by atoms with Gasteiger partial charge in [-0.15, -0.1) is 0 Å². The minimum Gasteiger partial charge on any atom is -0.490 e. The van der Waals surface area contributed by atoms with Crippen LogP contribution in [0.2, 0.25) is 0 Å². The first kappa shape index (κ1) is 23.9. The monoisotopic (exact) mass is 456 g/mol. The minimum absolute atomic E-state index is 0.233. The number of esters is 1. The van der Waals surface area contributed by atoms with Gasteiger partial charge in [0, 0.05) is 26.2 Å². The summed E-state index contributed by atoms with van der Waals surface area (Å²) in [6.45, 7) is 3.68. The summed E-state index contributed by atoms with van der Waals surface area (Å²) in [5, 5.41) is 0. The molecule has 0 aliphatic carbocycles. The van der Waals surface area contributed by atoms with Crippen molar-refractivity contribution in [1.29, 1.82) is 0 Å². The molecule has 1 aliphatic rings. The van der Waals surface area contributed by atoms with E-state index in [1.165, 1.54) is 0 Å². The van der Waals surface area contributed by atoms with Crippen molar-refractivity contribution < 1.29 is 33.3 Å². The third-order valence-electron chi connectivity index (χ3n) is 4.94. The first-order chi connectivity index (χ1) is 16.1. The van der Waals surface area contributed by atoms with Crippen molar-refractivity contribution in [2.45, 2.75) is 6.92 Å². The number of hydrogen-bond acceptors (Lipinski definition) is 7. The number of carbonyl (C=O) groups excluding carboxylic acids is 3. The highest BCUT2D eigenvalue weighted by atomic mass is 16.6. The molecule has 0 spiro atoms. The van der Waals surface area contributed by atoms with E-state index in [1.54, 1.807) is 41.0 Å². The van der Waals surface area contributed by atoms with Crippen LogP contribution in [0.5, 0.6) is 11.5 Å². The van der Waals surface area contributed by atoms with Crippen molar-refractivity contribution in [3.63, 3.8) is 0 Å². The SMILES string of the molecule is CCOC(=O)N1CCN(C(=O)COC(=O)c2ccccc2OCCOc2ccccc2)CC1. The van der Waals surface area contributed by atoms with Crippen LogP contribution in [0.15, 0.2) is 54.6 Å². The summed E-state index contributed by atoms with van der Waals surface area (Å²) in [6, 6.07) is 16.0. The molecule has 1 saturated heterocycles. The van der Waals surface area contributed by atoms with Crippen LogP contribution in [0.1, 0.15) is 17.3 Å². The molecule has 1 heterocycles. The summed E-state index contributed by atoms with van der Waals surface area (Å²) in [5.74, 6) is 0.125. The maximum Gasteiger partial charge on any atom is 0.409 e. The summed E-state index contributed by atoms with van der Waals surface area (Å²) < 4.78 is 21.5. The van der Waals surface area contributed by atoms with Gasteiger partial charge in [-0.05, 0) is 31.2 Å². The van der Waals surface area contributed by atoms with Crippen LogP contribution >= 0.6 is 0 Å². The van der Waals surface area contributed by atoms with Gasteiger partial charge < -0.3 is 28.7 Å². The smallest absolute Gasteiger partial charge is 0.409 e. The molecule has 2 aromatic rings. The van der Waals surface area contributed by atoms with Crippen LogP contribution in [0.25, 0.3) is 0 Å². The van der Waals surface area contributed by atoms with Crippen molar-refractivity contribution in [3.05, 3.63) is 60.2 Å². The fraction of sp³-hybridized carbons (Fsp3) is 0.375. The van der Waals surface area contributed by atoms with Crippen molar-refractivity contribution >= 4 is 18.0 Å². The lowest BCUT2D eigenvalue weighted by atomic mass is 10.2. The van der Waals surface area contributed by atoms with Gasteiger partial charge in [-0.25, -0.2) is 9.59 Å². The molecule has 33 heavy (non-hydrogen) atoms. The lowest BCUT2D eigenvalue weighted by Crippen LogP contribution is -2.51. The normalized spacial score (nSPS) is 13.2. The van der Waals surface area contributed by atoms with Gasteiger partial charge in [0.2, 0.25) is 0 Å². The number of nitrogens with zero attached hydrogens (tertiary/aromatic N) is 2. The molecule has 2 amide bonds. The van der Waals surface area contributed by atoms with Gasteiger partial charge in [0.1, 0.15) is 30.3 Å². The maximum absolute atomic E-state index is 12.5. The second-order valence-electron chi connectivity index (χ2n) is 7.15. The van der Waals surface area contributed by atoms with E-state index >= 15 is 0 Å². The van der Waals surface area contributed by atoms with E-state index in [-0.39, 0.29) is 30.8 Å². The van der Waals surface area contributed by atoms with E-state index in [0.29, 0.717) is 45.1 Å². The predicted molar refractivity (Wildman–Crippen MR) is 119 cm³/mol. The number of ether oxygens (including phenoxy) is 4. The Bertz CT molecular complexity index is 927. The van der Waals surface area contributed by atoms with Gasteiger partial charge in [0.25, 0.3) is 5.91 Å². The molecule has 1 aliphatic heterocycles. The van der Waals surface area contributed by atoms with E-state index in [4.69, 9.17) is 18.9 Å². The van der Waals surface area contributed by atoms with Crippen LogP contribution in [-0.2, 0) is 14.3 Å². The highest BCUT2D eigenvalue weighted by Crippen LogP contribution is 2.19. The topological polar surface area (TPSA) is 94.6 Å². The Labute approximate surface area is 192 Å². The number of amides is 2. The second-order valence-corrected chi connectivity index (χ2v) is 7.15. The van der Waals surface area contributed by atoms with Gasteiger partial charge in [-0.3, -0.25) is 4.79 Å². The standard InChI is InChI=1S/C24H28N2O7/c1-2-30-24(29)26-14-12-25(13-15-26)22(27)18-33-23(28)20-10-6-7-11-21(20)32-17-16-31-19-8-4-3-5-9-19/h3-11H,2,12-18H2,1H3. The van der Waals surface area contributed by atoms with Gasteiger partial charge >= 0.3 is 12.1 Å². The van der Waals surface area contributed by atoms with Gasteiger partial charge in [-0.1, -0.05) is 30.3 Å². The van der Waals surface area contributed by atoms with Crippen molar-refractivity contribution in [3.8, 4) is 11.5 Å². The lowest BCUT2D eigenvalue weighted by molar-refractivity contribution is -0.136. The van der Waals surface area contributed by atoms with Crippen LogP contribution < -0.4 is 9.47 Å². The second kappa shape index (κ2) is 12.3. The molecule has 9 nitrogen and oxygen atoms in total. The van der Waals surface area contributed by atoms with E-state index in [1.807, 2.05) is 30.3 Å². The molecule has 0 saturated carbocycles. The quantitative estimate of drug-likeness (QED) is 0.423. The summed E-state index contributed by atoms with van der Waals surface area (Å²) in [4.78, 5) is 39.8. The fourth-order valence-electron chi connectivity index (χ4n) is 3.24. The lowest BCUT2D eigenvalue weighted by Gasteiger charge is -2.33. The molecule has 3 rings (SSSR count). The zero-order valence-electron chi connectivity index (χ0n) is 18.6. The molecule has 0 N–H and O–H groups in total. The molecule has 1 fully saturated rings. The predicted octanol–water partition coefficient (Wildman–Crippen LogP) is 2.60. The molecule has 0 unspecified atom stereocenters. The Hall–Kier alpha value is -3.75. The summed E-state index contributed by atoms with van der Waals surface area (Å²) >= 11 is 0. The van der Waals surface area contributed by atoms with E-state index < -0.39 is 5.97 Å². The third kappa shape index (κ3) is 7.13. The van der Waals surface area contributed by atoms with E-state index in [9.17, 15) is 14.4 Å². The van der Waals surface area contributed by atoms with Crippen LogP contribution in [-0.4, -0.2) is 80.4 Å². The molecule has 0 bridgehead atoms. The Morgan fingerprint density at radius 3 is 2.15 bits per heavy atom. The first-order valence-electron chi connectivity index (χ1n) is 10.8. The van der Waals surface area contributed by atoms with Gasteiger partial charge in [-0.2, -0.15) is 0 Å². The maximum atomic E-state index is 12.5. The summed E-state index contributed by atoms with van der Waals surface area (Å²) in [7, 11) is 0. The molecule has 176 valence electrons. The van der Waals surface area contributed by atoms with E-state index in [2.05, 4.69) is 0 Å². The van der Waals surface area contributed by atoms with Crippen molar-refractivity contribution in [2.75, 3.05) is 52.6 Å². The fourth-order valence-corrected chi connectivity index (χ4v) is 3.24. The molecule has 0 atom stereocenters. The Balaban J connectivity index is 1.43. The zero-order valence-corrected chi connectivity index (χ0v) is 18.6. The largest absolute Gasteiger partial charge is 0.490 e. The molecular weight excluding hydrogens is 428 g/mol. The highest BCUT2D eigenvalue weighted by molar-refractivity contribution is 5.94. The highest BCUT2D eigenvalue weighted by Gasteiger charge is 2.25.